The molecule has 1 aromatic carbocycles. The summed E-state index contributed by atoms with van der Waals surface area (Å²) in [5, 5.41) is 14.8. The van der Waals surface area contributed by atoms with Gasteiger partial charge in [-0.15, -0.1) is 10.2 Å². The first kappa shape index (κ1) is 17.7. The van der Waals surface area contributed by atoms with Crippen LogP contribution in [0.3, 0.4) is 0 Å². The van der Waals surface area contributed by atoms with Crippen LogP contribution in [0.25, 0.3) is 0 Å². The topological polar surface area (TPSA) is 84.0 Å². The van der Waals surface area contributed by atoms with Crippen LogP contribution in [0.4, 0.5) is 5.82 Å². The maximum atomic E-state index is 11.9. The van der Waals surface area contributed by atoms with Gasteiger partial charge in [-0.3, -0.25) is 9.59 Å². The minimum atomic E-state index is -0.113. The smallest absolute Gasteiger partial charge is 0.230 e. The number of hydrogen-bond acceptors (Lipinski definition) is 5. The molecule has 3 rings (SSSR count). The molecular weight excluding hydrogens is 360 g/mol. The third-order valence-electron chi connectivity index (χ3n) is 3.62. The van der Waals surface area contributed by atoms with Crippen LogP contribution in [0.1, 0.15) is 18.4 Å². The van der Waals surface area contributed by atoms with Gasteiger partial charge in [-0.25, -0.2) is 0 Å². The van der Waals surface area contributed by atoms with Gasteiger partial charge in [0.25, 0.3) is 0 Å². The van der Waals surface area contributed by atoms with Gasteiger partial charge in [-0.1, -0.05) is 41.6 Å². The molecule has 2 amide bonds. The third-order valence-corrected chi connectivity index (χ3v) is 4.91. The fraction of sp³-hybridized carbons (Fsp3) is 0.294. The van der Waals surface area contributed by atoms with Gasteiger partial charge in [-0.2, -0.15) is 0 Å². The fourth-order valence-corrected chi connectivity index (χ4v) is 2.91. The van der Waals surface area contributed by atoms with Gasteiger partial charge in [0.2, 0.25) is 11.8 Å². The lowest BCUT2D eigenvalue weighted by molar-refractivity contribution is -0.119. The van der Waals surface area contributed by atoms with E-state index in [0.717, 1.165) is 18.4 Å². The molecule has 0 saturated heterocycles. The molecule has 1 heterocycles. The Hall–Kier alpha value is -2.12. The van der Waals surface area contributed by atoms with Crippen LogP contribution in [-0.4, -0.2) is 27.8 Å². The van der Waals surface area contributed by atoms with Gasteiger partial charge in [0, 0.05) is 17.5 Å². The summed E-state index contributed by atoms with van der Waals surface area (Å²) in [6.45, 7) is 0.386. The minimum absolute atomic E-state index is 0.00588. The quantitative estimate of drug-likeness (QED) is 0.726. The Kier molecular flexibility index (Phi) is 5.88. The van der Waals surface area contributed by atoms with E-state index in [4.69, 9.17) is 11.6 Å². The summed E-state index contributed by atoms with van der Waals surface area (Å²) in [6.07, 6.45) is 1.88. The molecular formula is C17H17ClN4O2S. The first-order chi connectivity index (χ1) is 12.1. The van der Waals surface area contributed by atoms with Crippen LogP contribution in [0.2, 0.25) is 5.02 Å². The summed E-state index contributed by atoms with van der Waals surface area (Å²) in [4.78, 5) is 23.6. The molecule has 2 aromatic rings. The minimum Gasteiger partial charge on any atom is -0.351 e. The van der Waals surface area contributed by atoms with Crippen molar-refractivity contribution in [3.8, 4) is 0 Å². The molecule has 2 N–H and O–H groups in total. The number of carbonyl (C=O) groups is 2. The second kappa shape index (κ2) is 8.31. The summed E-state index contributed by atoms with van der Waals surface area (Å²) in [5.41, 5.74) is 0.873. The van der Waals surface area contributed by atoms with E-state index in [1.165, 1.54) is 11.8 Å². The Balaban J connectivity index is 1.42. The van der Waals surface area contributed by atoms with E-state index in [1.54, 1.807) is 18.2 Å². The van der Waals surface area contributed by atoms with Crippen molar-refractivity contribution in [3.63, 3.8) is 0 Å². The van der Waals surface area contributed by atoms with Gasteiger partial charge >= 0.3 is 0 Å². The largest absolute Gasteiger partial charge is 0.351 e. The molecule has 1 aliphatic carbocycles. The molecule has 1 aliphatic rings. The molecule has 0 unspecified atom stereocenters. The Morgan fingerprint density at radius 1 is 1.16 bits per heavy atom. The molecule has 130 valence electrons. The summed E-state index contributed by atoms with van der Waals surface area (Å²) in [7, 11) is 0. The summed E-state index contributed by atoms with van der Waals surface area (Å²) in [5.74, 6) is 0.668. The second-order valence-corrected chi connectivity index (χ2v) is 7.08. The number of hydrogen-bond donors (Lipinski definition) is 2. The van der Waals surface area contributed by atoms with Crippen LogP contribution < -0.4 is 10.6 Å². The molecule has 0 spiro atoms. The first-order valence-corrected chi connectivity index (χ1v) is 9.25. The first-order valence-electron chi connectivity index (χ1n) is 7.89. The molecule has 0 bridgehead atoms. The number of anilines is 1. The molecule has 0 radical (unpaired) electrons. The van der Waals surface area contributed by atoms with E-state index in [1.807, 2.05) is 18.2 Å². The van der Waals surface area contributed by atoms with E-state index < -0.39 is 0 Å². The average molecular weight is 377 g/mol. The second-order valence-electron chi connectivity index (χ2n) is 5.68. The molecule has 1 saturated carbocycles. The zero-order valence-electron chi connectivity index (χ0n) is 13.4. The number of rotatable bonds is 7. The summed E-state index contributed by atoms with van der Waals surface area (Å²) < 4.78 is 0. The molecule has 8 heteroatoms. The van der Waals surface area contributed by atoms with Gasteiger partial charge in [0.05, 0.1) is 5.75 Å². The normalized spacial score (nSPS) is 13.3. The molecule has 1 aromatic heterocycles. The van der Waals surface area contributed by atoms with E-state index >= 15 is 0 Å². The van der Waals surface area contributed by atoms with Crippen LogP contribution in [-0.2, 0) is 16.1 Å². The van der Waals surface area contributed by atoms with Gasteiger partial charge in [0.15, 0.2) is 5.82 Å². The van der Waals surface area contributed by atoms with E-state index in [2.05, 4.69) is 20.8 Å². The van der Waals surface area contributed by atoms with Crippen molar-refractivity contribution in [3.05, 3.63) is 47.0 Å². The molecule has 0 aliphatic heterocycles. The van der Waals surface area contributed by atoms with Crippen molar-refractivity contribution in [1.82, 2.24) is 15.5 Å². The number of carbonyl (C=O) groups excluding carboxylic acids is 2. The highest BCUT2D eigenvalue weighted by atomic mass is 35.5. The van der Waals surface area contributed by atoms with E-state index in [0.29, 0.717) is 22.4 Å². The van der Waals surface area contributed by atoms with Crippen LogP contribution in [0.5, 0.6) is 0 Å². The monoisotopic (exact) mass is 376 g/mol. The number of benzene rings is 1. The van der Waals surface area contributed by atoms with Crippen molar-refractivity contribution in [2.75, 3.05) is 11.1 Å². The highest BCUT2D eigenvalue weighted by Gasteiger charge is 2.29. The average Bonchev–Trinajstić information content (AvgIpc) is 3.45. The summed E-state index contributed by atoms with van der Waals surface area (Å²) >= 11 is 7.33. The predicted molar refractivity (Wildman–Crippen MR) is 97.4 cm³/mol. The molecule has 25 heavy (non-hydrogen) atoms. The van der Waals surface area contributed by atoms with Gasteiger partial charge < -0.3 is 10.6 Å². The Morgan fingerprint density at radius 3 is 2.64 bits per heavy atom. The Bertz CT molecular complexity index is 765. The number of nitrogens with zero attached hydrogens (tertiary/aromatic N) is 2. The lowest BCUT2D eigenvalue weighted by atomic mass is 10.2. The number of thioether (sulfide) groups is 1. The summed E-state index contributed by atoms with van der Waals surface area (Å²) in [6, 6.07) is 10.8. The number of aromatic nitrogens is 2. The van der Waals surface area contributed by atoms with E-state index in [9.17, 15) is 9.59 Å². The van der Waals surface area contributed by atoms with Crippen molar-refractivity contribution in [1.29, 1.82) is 0 Å². The van der Waals surface area contributed by atoms with E-state index in [-0.39, 0.29) is 23.5 Å². The van der Waals surface area contributed by atoms with Crippen molar-refractivity contribution >= 4 is 41.0 Å². The van der Waals surface area contributed by atoms with Gasteiger partial charge in [0.1, 0.15) is 5.03 Å². The van der Waals surface area contributed by atoms with Crippen LogP contribution in [0.15, 0.2) is 41.4 Å². The number of amides is 2. The zero-order valence-corrected chi connectivity index (χ0v) is 14.9. The van der Waals surface area contributed by atoms with Gasteiger partial charge in [-0.05, 0) is 36.6 Å². The number of halogens is 1. The standard InChI is InChI=1S/C17H17ClN4O2S/c18-13-4-2-1-3-12(13)9-19-15(23)10-25-16-8-7-14(21-22-16)20-17(24)11-5-6-11/h1-4,7-8,11H,5-6,9-10H2,(H,19,23)(H,20,21,24). The third kappa shape index (κ3) is 5.44. The highest BCUT2D eigenvalue weighted by Crippen LogP contribution is 2.29. The zero-order chi connectivity index (χ0) is 17.6. The molecule has 1 fully saturated rings. The molecule has 0 atom stereocenters. The SMILES string of the molecule is O=C(CSc1ccc(NC(=O)C2CC2)nn1)NCc1ccccc1Cl. The maximum absolute atomic E-state index is 11.9. The van der Waals surface area contributed by atoms with Crippen molar-refractivity contribution in [2.24, 2.45) is 5.92 Å². The lowest BCUT2D eigenvalue weighted by Gasteiger charge is -2.07. The van der Waals surface area contributed by atoms with Crippen LogP contribution >= 0.6 is 23.4 Å². The highest BCUT2D eigenvalue weighted by molar-refractivity contribution is 7.99. The van der Waals surface area contributed by atoms with Crippen molar-refractivity contribution < 1.29 is 9.59 Å². The van der Waals surface area contributed by atoms with Crippen molar-refractivity contribution in [2.45, 2.75) is 24.4 Å². The fourth-order valence-electron chi connectivity index (χ4n) is 2.06. The Labute approximate surface area is 154 Å². The molecule has 6 nitrogen and oxygen atoms in total. The predicted octanol–water partition coefficient (Wildman–Crippen LogP) is 2.89. The lowest BCUT2D eigenvalue weighted by Crippen LogP contribution is -2.24. The Morgan fingerprint density at radius 2 is 1.96 bits per heavy atom. The van der Waals surface area contributed by atoms with Crippen LogP contribution in [0, 0.1) is 5.92 Å². The number of nitrogens with one attached hydrogen (secondary N) is 2. The maximum Gasteiger partial charge on any atom is 0.230 e.